The molecule has 0 aliphatic rings. The Morgan fingerprint density at radius 2 is 1.87 bits per heavy atom. The summed E-state index contributed by atoms with van der Waals surface area (Å²) in [7, 11) is 0. The fourth-order valence-electron chi connectivity index (χ4n) is 1.08. The zero-order valence-corrected chi connectivity index (χ0v) is 10.9. The predicted octanol–water partition coefficient (Wildman–Crippen LogP) is 2.95. The Labute approximate surface area is 99.9 Å². The van der Waals surface area contributed by atoms with Crippen LogP contribution < -0.4 is 5.73 Å². The number of nitrogens with two attached hydrogens (primary N) is 1. The Bertz CT molecular complexity index is 295. The summed E-state index contributed by atoms with van der Waals surface area (Å²) in [5.74, 6) is 0. The average Bonchev–Trinajstić information content (AvgIpc) is 2.21. The lowest BCUT2D eigenvalue weighted by Gasteiger charge is -2.21. The Morgan fingerprint density at radius 1 is 1.27 bits per heavy atom. The molecule has 0 atom stereocenters. The molecule has 2 N–H and O–H groups in total. The quantitative estimate of drug-likeness (QED) is 0.894. The van der Waals surface area contributed by atoms with E-state index in [1.807, 2.05) is 12.1 Å². The summed E-state index contributed by atoms with van der Waals surface area (Å²) >= 11 is 3.40. The molecular weight excluding hydrogens is 254 g/mol. The van der Waals surface area contributed by atoms with E-state index in [2.05, 4.69) is 41.9 Å². The van der Waals surface area contributed by atoms with Crippen LogP contribution in [0.3, 0.4) is 0 Å². The number of rotatable bonds is 5. The molecule has 3 heteroatoms. The Balaban J connectivity index is 2.35. The molecular formula is C12H18BrNO. The molecule has 0 saturated carbocycles. The number of hydrogen-bond donors (Lipinski definition) is 1. The third kappa shape index (κ3) is 4.78. The predicted molar refractivity (Wildman–Crippen MR) is 66.6 cm³/mol. The average molecular weight is 272 g/mol. The topological polar surface area (TPSA) is 35.2 Å². The number of ether oxygens (including phenoxy) is 1. The van der Waals surface area contributed by atoms with Crippen LogP contribution in [0.4, 0.5) is 0 Å². The zero-order valence-electron chi connectivity index (χ0n) is 9.29. The first-order chi connectivity index (χ1) is 7.03. The summed E-state index contributed by atoms with van der Waals surface area (Å²) < 4.78 is 6.71. The van der Waals surface area contributed by atoms with Crippen LogP contribution in [-0.4, -0.2) is 13.2 Å². The number of benzene rings is 1. The Morgan fingerprint density at radius 3 is 2.40 bits per heavy atom. The van der Waals surface area contributed by atoms with Crippen LogP contribution in [0.1, 0.15) is 19.4 Å². The highest BCUT2D eigenvalue weighted by Gasteiger charge is 2.15. The van der Waals surface area contributed by atoms with Crippen molar-refractivity contribution in [2.75, 3.05) is 13.2 Å². The first kappa shape index (κ1) is 12.7. The molecule has 0 spiro atoms. The second-order valence-corrected chi connectivity index (χ2v) is 5.40. The van der Waals surface area contributed by atoms with Crippen LogP contribution in [0.25, 0.3) is 0 Å². The molecule has 0 heterocycles. The minimum absolute atomic E-state index is 0.0648. The smallest absolute Gasteiger partial charge is 0.0717 e. The van der Waals surface area contributed by atoms with Crippen molar-refractivity contribution in [3.8, 4) is 0 Å². The second-order valence-electron chi connectivity index (χ2n) is 4.49. The van der Waals surface area contributed by atoms with Crippen molar-refractivity contribution in [2.45, 2.75) is 20.5 Å². The SMILES string of the molecule is CC(C)(CN)COCc1ccc(Br)cc1. The normalized spacial score (nSPS) is 11.7. The van der Waals surface area contributed by atoms with Crippen molar-refractivity contribution in [3.63, 3.8) is 0 Å². The molecule has 0 aromatic heterocycles. The van der Waals surface area contributed by atoms with Crippen molar-refractivity contribution in [1.29, 1.82) is 0 Å². The van der Waals surface area contributed by atoms with E-state index in [4.69, 9.17) is 10.5 Å². The maximum absolute atomic E-state index is 5.62. The van der Waals surface area contributed by atoms with Crippen LogP contribution in [0, 0.1) is 5.41 Å². The fraction of sp³-hybridized carbons (Fsp3) is 0.500. The van der Waals surface area contributed by atoms with Crippen molar-refractivity contribution in [3.05, 3.63) is 34.3 Å². The standard InChI is InChI=1S/C12H18BrNO/c1-12(2,8-14)9-15-7-10-3-5-11(13)6-4-10/h3-6H,7-9,14H2,1-2H3. The van der Waals surface area contributed by atoms with Gasteiger partial charge in [0.1, 0.15) is 0 Å². The molecule has 15 heavy (non-hydrogen) atoms. The van der Waals surface area contributed by atoms with Crippen LogP contribution in [0.5, 0.6) is 0 Å². The van der Waals surface area contributed by atoms with E-state index in [1.165, 1.54) is 5.56 Å². The van der Waals surface area contributed by atoms with E-state index in [0.717, 1.165) is 4.47 Å². The molecule has 0 bridgehead atoms. The first-order valence-electron chi connectivity index (χ1n) is 5.06. The van der Waals surface area contributed by atoms with Crippen molar-refractivity contribution in [1.82, 2.24) is 0 Å². The van der Waals surface area contributed by atoms with Gasteiger partial charge in [-0.3, -0.25) is 0 Å². The minimum atomic E-state index is 0.0648. The van der Waals surface area contributed by atoms with Gasteiger partial charge in [0, 0.05) is 9.89 Å². The fourth-order valence-corrected chi connectivity index (χ4v) is 1.35. The molecule has 0 radical (unpaired) electrons. The van der Waals surface area contributed by atoms with Gasteiger partial charge >= 0.3 is 0 Å². The van der Waals surface area contributed by atoms with E-state index in [0.29, 0.717) is 19.8 Å². The maximum atomic E-state index is 5.62. The highest BCUT2D eigenvalue weighted by molar-refractivity contribution is 9.10. The molecule has 84 valence electrons. The molecule has 0 aliphatic carbocycles. The first-order valence-corrected chi connectivity index (χ1v) is 5.85. The molecule has 0 saturated heterocycles. The van der Waals surface area contributed by atoms with E-state index in [-0.39, 0.29) is 5.41 Å². The number of hydrogen-bond acceptors (Lipinski definition) is 2. The summed E-state index contributed by atoms with van der Waals surface area (Å²) in [6.45, 7) is 6.20. The summed E-state index contributed by atoms with van der Waals surface area (Å²) in [5.41, 5.74) is 6.87. The minimum Gasteiger partial charge on any atom is -0.376 e. The lowest BCUT2D eigenvalue weighted by atomic mass is 9.95. The van der Waals surface area contributed by atoms with E-state index in [1.54, 1.807) is 0 Å². The monoisotopic (exact) mass is 271 g/mol. The Hall–Kier alpha value is -0.380. The molecule has 1 aromatic carbocycles. The summed E-state index contributed by atoms with van der Waals surface area (Å²) in [6.07, 6.45) is 0. The summed E-state index contributed by atoms with van der Waals surface area (Å²) in [6, 6.07) is 8.15. The van der Waals surface area contributed by atoms with Crippen LogP contribution >= 0.6 is 15.9 Å². The lowest BCUT2D eigenvalue weighted by molar-refractivity contribution is 0.0553. The second kappa shape index (κ2) is 5.64. The zero-order chi connectivity index (χ0) is 11.3. The Kier molecular flexibility index (Phi) is 4.77. The van der Waals surface area contributed by atoms with Crippen LogP contribution in [0.2, 0.25) is 0 Å². The van der Waals surface area contributed by atoms with Gasteiger partial charge in [0.2, 0.25) is 0 Å². The largest absolute Gasteiger partial charge is 0.376 e. The lowest BCUT2D eigenvalue weighted by Crippen LogP contribution is -2.28. The van der Waals surface area contributed by atoms with Crippen molar-refractivity contribution in [2.24, 2.45) is 11.1 Å². The summed E-state index contributed by atoms with van der Waals surface area (Å²) in [5, 5.41) is 0. The van der Waals surface area contributed by atoms with Gasteiger partial charge in [-0.05, 0) is 24.2 Å². The van der Waals surface area contributed by atoms with Gasteiger partial charge in [0.25, 0.3) is 0 Å². The third-order valence-electron chi connectivity index (χ3n) is 2.23. The van der Waals surface area contributed by atoms with E-state index in [9.17, 15) is 0 Å². The molecule has 0 amide bonds. The van der Waals surface area contributed by atoms with Gasteiger partial charge in [0.05, 0.1) is 13.2 Å². The van der Waals surface area contributed by atoms with E-state index >= 15 is 0 Å². The van der Waals surface area contributed by atoms with Gasteiger partial charge in [0.15, 0.2) is 0 Å². The molecule has 0 aliphatic heterocycles. The van der Waals surface area contributed by atoms with Gasteiger partial charge in [-0.1, -0.05) is 41.9 Å². The molecule has 0 fully saturated rings. The van der Waals surface area contributed by atoms with Crippen LogP contribution in [-0.2, 0) is 11.3 Å². The van der Waals surface area contributed by atoms with Gasteiger partial charge in [-0.15, -0.1) is 0 Å². The molecule has 1 rings (SSSR count). The highest BCUT2D eigenvalue weighted by atomic mass is 79.9. The molecule has 1 aromatic rings. The molecule has 2 nitrogen and oxygen atoms in total. The van der Waals surface area contributed by atoms with Gasteiger partial charge < -0.3 is 10.5 Å². The third-order valence-corrected chi connectivity index (χ3v) is 2.76. The van der Waals surface area contributed by atoms with Gasteiger partial charge in [-0.2, -0.15) is 0 Å². The summed E-state index contributed by atoms with van der Waals surface area (Å²) in [4.78, 5) is 0. The van der Waals surface area contributed by atoms with Crippen molar-refractivity contribution < 1.29 is 4.74 Å². The maximum Gasteiger partial charge on any atom is 0.0717 e. The molecule has 0 unspecified atom stereocenters. The van der Waals surface area contributed by atoms with Gasteiger partial charge in [-0.25, -0.2) is 0 Å². The van der Waals surface area contributed by atoms with E-state index < -0.39 is 0 Å². The highest BCUT2D eigenvalue weighted by Crippen LogP contribution is 2.15. The van der Waals surface area contributed by atoms with Crippen molar-refractivity contribution >= 4 is 15.9 Å². The van der Waals surface area contributed by atoms with Crippen LogP contribution in [0.15, 0.2) is 28.7 Å². The number of halogens is 1.